The number of halogens is 1. The van der Waals surface area contributed by atoms with Gasteiger partial charge in [0.2, 0.25) is 0 Å². The zero-order chi connectivity index (χ0) is 14.5. The second kappa shape index (κ2) is 6.67. The van der Waals surface area contributed by atoms with Crippen LogP contribution in [0.4, 0.5) is 0 Å². The van der Waals surface area contributed by atoms with Crippen LogP contribution < -0.4 is 5.32 Å². The van der Waals surface area contributed by atoms with E-state index >= 15 is 0 Å². The molecule has 0 saturated heterocycles. The van der Waals surface area contributed by atoms with Gasteiger partial charge < -0.3 is 9.73 Å². The van der Waals surface area contributed by atoms with Gasteiger partial charge in [-0.05, 0) is 54.3 Å². The van der Waals surface area contributed by atoms with Crippen LogP contribution in [-0.2, 0) is 0 Å². The quantitative estimate of drug-likeness (QED) is 0.851. The maximum absolute atomic E-state index is 12.0. The lowest BCUT2D eigenvalue weighted by Crippen LogP contribution is -2.34. The minimum atomic E-state index is -0.150. The zero-order valence-electron chi connectivity index (χ0n) is 11.3. The molecule has 2 aromatic heterocycles. The highest BCUT2D eigenvalue weighted by molar-refractivity contribution is 9.10. The predicted molar refractivity (Wildman–Crippen MR) is 79.4 cm³/mol. The van der Waals surface area contributed by atoms with E-state index in [-0.39, 0.29) is 11.9 Å². The van der Waals surface area contributed by atoms with Gasteiger partial charge in [0.25, 0.3) is 5.91 Å². The van der Waals surface area contributed by atoms with E-state index in [0.717, 1.165) is 5.76 Å². The van der Waals surface area contributed by atoms with E-state index in [1.54, 1.807) is 18.4 Å². The van der Waals surface area contributed by atoms with Crippen molar-refractivity contribution in [1.82, 2.24) is 15.2 Å². The van der Waals surface area contributed by atoms with Crippen molar-refractivity contribution in [3.63, 3.8) is 0 Å². The number of rotatable bonds is 5. The molecule has 0 spiro atoms. The average molecular weight is 338 g/mol. The Bertz CT molecular complexity index is 552. The number of furan rings is 1. The second-order valence-corrected chi connectivity index (χ2v) is 5.39. The molecule has 2 aromatic rings. The first kappa shape index (κ1) is 14.7. The van der Waals surface area contributed by atoms with Crippen molar-refractivity contribution in [3.05, 3.63) is 52.7 Å². The largest absolute Gasteiger partial charge is 0.468 e. The van der Waals surface area contributed by atoms with Crippen molar-refractivity contribution in [3.8, 4) is 0 Å². The molecule has 0 aromatic carbocycles. The first-order chi connectivity index (χ1) is 9.58. The maximum Gasteiger partial charge on any atom is 0.252 e. The highest BCUT2D eigenvalue weighted by atomic mass is 79.9. The third-order valence-electron chi connectivity index (χ3n) is 2.94. The molecule has 1 atom stereocenters. The third kappa shape index (κ3) is 3.68. The van der Waals surface area contributed by atoms with E-state index < -0.39 is 0 Å². The van der Waals surface area contributed by atoms with E-state index in [1.165, 1.54) is 6.20 Å². The predicted octanol–water partition coefficient (Wildman–Crippen LogP) is 2.47. The number of likely N-dealkylation sites (N-methyl/N-ethyl adjacent to an activating group) is 1. The topological polar surface area (TPSA) is 58.4 Å². The summed E-state index contributed by atoms with van der Waals surface area (Å²) in [5.74, 6) is 0.674. The Balaban J connectivity index is 1.99. The molecule has 0 aliphatic heterocycles. The van der Waals surface area contributed by atoms with Crippen LogP contribution in [0.2, 0.25) is 0 Å². The minimum Gasteiger partial charge on any atom is -0.468 e. The average Bonchev–Trinajstić information content (AvgIpc) is 2.93. The first-order valence-corrected chi connectivity index (χ1v) is 6.97. The molecule has 106 valence electrons. The summed E-state index contributed by atoms with van der Waals surface area (Å²) >= 11 is 3.24. The van der Waals surface area contributed by atoms with Gasteiger partial charge in [0, 0.05) is 12.7 Å². The Morgan fingerprint density at radius 1 is 1.45 bits per heavy atom. The van der Waals surface area contributed by atoms with Crippen molar-refractivity contribution in [2.24, 2.45) is 0 Å². The fraction of sp³-hybridized carbons (Fsp3) is 0.286. The SMILES string of the molecule is CN(C)C(CNC(=O)c1ccc(Br)nc1)c1ccco1. The molecule has 1 N–H and O–H groups in total. The summed E-state index contributed by atoms with van der Waals surface area (Å²) < 4.78 is 6.10. The van der Waals surface area contributed by atoms with Gasteiger partial charge in [-0.1, -0.05) is 0 Å². The van der Waals surface area contributed by atoms with Crippen LogP contribution in [-0.4, -0.2) is 36.4 Å². The van der Waals surface area contributed by atoms with Gasteiger partial charge in [0.1, 0.15) is 10.4 Å². The van der Waals surface area contributed by atoms with Crippen molar-refractivity contribution < 1.29 is 9.21 Å². The number of nitrogens with one attached hydrogen (secondary N) is 1. The maximum atomic E-state index is 12.0. The summed E-state index contributed by atoms with van der Waals surface area (Å²) in [7, 11) is 3.89. The van der Waals surface area contributed by atoms with Gasteiger partial charge in [0.05, 0.1) is 17.9 Å². The summed E-state index contributed by atoms with van der Waals surface area (Å²) in [4.78, 5) is 18.1. The Labute approximate surface area is 126 Å². The number of hydrogen-bond acceptors (Lipinski definition) is 4. The van der Waals surface area contributed by atoms with Gasteiger partial charge in [-0.15, -0.1) is 0 Å². The van der Waals surface area contributed by atoms with Crippen molar-refractivity contribution in [2.75, 3.05) is 20.6 Å². The third-order valence-corrected chi connectivity index (χ3v) is 3.41. The van der Waals surface area contributed by atoms with Gasteiger partial charge in [-0.25, -0.2) is 4.98 Å². The van der Waals surface area contributed by atoms with Crippen molar-refractivity contribution >= 4 is 21.8 Å². The number of hydrogen-bond donors (Lipinski definition) is 1. The fourth-order valence-electron chi connectivity index (χ4n) is 1.82. The molecule has 2 rings (SSSR count). The Morgan fingerprint density at radius 2 is 2.25 bits per heavy atom. The van der Waals surface area contributed by atoms with Crippen LogP contribution in [0, 0.1) is 0 Å². The minimum absolute atomic E-state index is 0.00245. The van der Waals surface area contributed by atoms with E-state index in [1.807, 2.05) is 31.1 Å². The smallest absolute Gasteiger partial charge is 0.252 e. The summed E-state index contributed by atoms with van der Waals surface area (Å²) in [6.07, 6.45) is 3.17. The number of nitrogens with zero attached hydrogens (tertiary/aromatic N) is 2. The molecule has 0 saturated carbocycles. The Morgan fingerprint density at radius 3 is 2.80 bits per heavy atom. The Hall–Kier alpha value is -1.66. The first-order valence-electron chi connectivity index (χ1n) is 6.17. The lowest BCUT2D eigenvalue weighted by Gasteiger charge is -2.22. The normalized spacial score (nSPS) is 12.4. The molecule has 0 aliphatic rings. The molecule has 2 heterocycles. The van der Waals surface area contributed by atoms with Crippen molar-refractivity contribution in [2.45, 2.75) is 6.04 Å². The van der Waals surface area contributed by atoms with E-state index in [4.69, 9.17) is 4.42 Å². The van der Waals surface area contributed by atoms with Crippen LogP contribution >= 0.6 is 15.9 Å². The van der Waals surface area contributed by atoms with Gasteiger partial charge in [0.15, 0.2) is 0 Å². The molecule has 0 radical (unpaired) electrons. The number of pyridine rings is 1. The summed E-state index contributed by atoms with van der Waals surface area (Å²) in [5.41, 5.74) is 0.533. The monoisotopic (exact) mass is 337 g/mol. The molecular formula is C14H16BrN3O2. The summed E-state index contributed by atoms with van der Waals surface area (Å²) in [5, 5.41) is 2.89. The lowest BCUT2D eigenvalue weighted by molar-refractivity contribution is 0.0938. The zero-order valence-corrected chi connectivity index (χ0v) is 12.9. The van der Waals surface area contributed by atoms with E-state index in [2.05, 4.69) is 26.2 Å². The van der Waals surface area contributed by atoms with Gasteiger partial charge in [-0.2, -0.15) is 0 Å². The highest BCUT2D eigenvalue weighted by Gasteiger charge is 2.18. The molecule has 0 fully saturated rings. The van der Waals surface area contributed by atoms with Gasteiger partial charge >= 0.3 is 0 Å². The van der Waals surface area contributed by atoms with E-state index in [0.29, 0.717) is 16.7 Å². The molecule has 1 amide bonds. The molecular weight excluding hydrogens is 322 g/mol. The number of amides is 1. The van der Waals surface area contributed by atoms with Gasteiger partial charge in [-0.3, -0.25) is 9.69 Å². The molecule has 6 heteroatoms. The second-order valence-electron chi connectivity index (χ2n) is 4.57. The summed E-state index contributed by atoms with van der Waals surface area (Å²) in [6.45, 7) is 0.468. The highest BCUT2D eigenvalue weighted by Crippen LogP contribution is 2.17. The molecule has 1 unspecified atom stereocenters. The molecule has 0 aliphatic carbocycles. The van der Waals surface area contributed by atoms with E-state index in [9.17, 15) is 4.79 Å². The molecule has 20 heavy (non-hydrogen) atoms. The fourth-order valence-corrected chi connectivity index (χ4v) is 2.05. The molecule has 5 nitrogen and oxygen atoms in total. The van der Waals surface area contributed by atoms with Crippen LogP contribution in [0.25, 0.3) is 0 Å². The van der Waals surface area contributed by atoms with Crippen LogP contribution in [0.15, 0.2) is 45.7 Å². The number of carbonyl (C=O) groups excluding carboxylic acids is 1. The van der Waals surface area contributed by atoms with Crippen LogP contribution in [0.1, 0.15) is 22.2 Å². The standard InChI is InChI=1S/C14H16BrN3O2/c1-18(2)11(12-4-3-7-20-12)9-17-14(19)10-5-6-13(15)16-8-10/h3-8,11H,9H2,1-2H3,(H,17,19). The summed E-state index contributed by atoms with van der Waals surface area (Å²) in [6, 6.07) is 7.21. The number of carbonyl (C=O) groups is 1. The van der Waals surface area contributed by atoms with Crippen molar-refractivity contribution in [1.29, 1.82) is 0 Å². The lowest BCUT2D eigenvalue weighted by atomic mass is 10.2. The Kier molecular flexibility index (Phi) is 4.92. The number of aromatic nitrogens is 1. The van der Waals surface area contributed by atoms with Crippen LogP contribution in [0.5, 0.6) is 0 Å². The van der Waals surface area contributed by atoms with Crippen LogP contribution in [0.3, 0.4) is 0 Å². The molecule has 0 bridgehead atoms.